The van der Waals surface area contributed by atoms with Gasteiger partial charge >= 0.3 is 0 Å². The molecule has 2 heterocycles. The molecule has 2 unspecified atom stereocenters. The van der Waals surface area contributed by atoms with E-state index in [2.05, 4.69) is 9.98 Å². The summed E-state index contributed by atoms with van der Waals surface area (Å²) in [5, 5.41) is 18.6. The lowest BCUT2D eigenvalue weighted by Gasteiger charge is -2.18. The Morgan fingerprint density at radius 2 is 2.00 bits per heavy atom. The molecule has 1 aromatic rings. The molecule has 136 valence electrons. The number of aromatic nitrogens is 1. The third-order valence-electron chi connectivity index (χ3n) is 4.49. The van der Waals surface area contributed by atoms with Gasteiger partial charge in [0.25, 0.3) is 5.91 Å². The van der Waals surface area contributed by atoms with Crippen molar-refractivity contribution in [1.29, 1.82) is 0 Å². The molecule has 0 fully saturated rings. The number of hydrogen-bond acceptors (Lipinski definition) is 6. The van der Waals surface area contributed by atoms with E-state index in [1.165, 1.54) is 0 Å². The van der Waals surface area contributed by atoms with Crippen molar-refractivity contribution in [3.05, 3.63) is 35.5 Å². The van der Waals surface area contributed by atoms with E-state index < -0.39 is 0 Å². The summed E-state index contributed by atoms with van der Waals surface area (Å²) in [5.74, 6) is 0.376. The largest absolute Gasteiger partial charge is 0.396 e. The quantitative estimate of drug-likeness (QED) is 0.525. The number of aliphatic hydroxyl groups is 2. The molecule has 0 bridgehead atoms. The number of dihydropyridines is 1. The average molecular weight is 346 g/mol. The van der Waals surface area contributed by atoms with Crippen molar-refractivity contribution >= 4 is 17.6 Å². The van der Waals surface area contributed by atoms with Crippen molar-refractivity contribution in [2.75, 3.05) is 12.3 Å². The highest BCUT2D eigenvalue weighted by molar-refractivity contribution is 6.03. The molecule has 25 heavy (non-hydrogen) atoms. The van der Waals surface area contributed by atoms with Crippen molar-refractivity contribution in [1.82, 2.24) is 4.98 Å². The van der Waals surface area contributed by atoms with Gasteiger partial charge in [-0.2, -0.15) is 4.99 Å². The second kappa shape index (κ2) is 9.29. The molecular formula is C18H26N4O3. The number of amides is 1. The first-order chi connectivity index (χ1) is 12.0. The zero-order chi connectivity index (χ0) is 18.2. The number of nitrogens with two attached hydrogens (primary N) is 2. The number of aliphatic imine (C=N–C) groups is 1. The van der Waals surface area contributed by atoms with Crippen LogP contribution in [0.3, 0.4) is 0 Å². The van der Waals surface area contributed by atoms with E-state index in [1.807, 2.05) is 6.07 Å². The predicted octanol–water partition coefficient (Wildman–Crippen LogP) is 0.937. The number of pyridine rings is 1. The van der Waals surface area contributed by atoms with Gasteiger partial charge in [-0.1, -0.05) is 12.1 Å². The van der Waals surface area contributed by atoms with E-state index in [0.717, 1.165) is 31.2 Å². The fraction of sp³-hybridized carbons (Fsp3) is 0.500. The number of nitrogens with zero attached hydrogens (tertiary/aromatic N) is 2. The van der Waals surface area contributed by atoms with E-state index in [0.29, 0.717) is 17.9 Å². The molecule has 0 spiro atoms. The topological polar surface area (TPSA) is 135 Å². The standard InChI is InChI=1S/C18H26N4O3/c19-16-9-7-14(18(25)22-16)5-4-12(10-23)2-1-3-13-6-8-15(11-24)21-17(13)20/h6-9,12,14,23-24H,1-5,10-11H2,(H2,20,21)(H2,19,22,25). The van der Waals surface area contributed by atoms with E-state index >= 15 is 0 Å². The molecule has 0 aromatic carbocycles. The Hall–Kier alpha value is -2.25. The summed E-state index contributed by atoms with van der Waals surface area (Å²) < 4.78 is 0. The molecule has 0 radical (unpaired) electrons. The number of aryl methyl sites for hydroxylation is 1. The number of carbonyl (C=O) groups is 1. The minimum Gasteiger partial charge on any atom is -0.396 e. The van der Waals surface area contributed by atoms with Crippen LogP contribution in [-0.4, -0.2) is 33.5 Å². The Balaban J connectivity index is 1.77. The number of rotatable bonds is 9. The molecule has 2 atom stereocenters. The van der Waals surface area contributed by atoms with Gasteiger partial charge in [0.2, 0.25) is 0 Å². The summed E-state index contributed by atoms with van der Waals surface area (Å²) in [6.07, 6.45) is 7.34. The van der Waals surface area contributed by atoms with Gasteiger partial charge in [-0.25, -0.2) is 4.98 Å². The summed E-state index contributed by atoms with van der Waals surface area (Å²) in [6.45, 7) is -0.0334. The third kappa shape index (κ3) is 5.65. The van der Waals surface area contributed by atoms with Crippen molar-refractivity contribution in [2.45, 2.75) is 38.7 Å². The van der Waals surface area contributed by atoms with Gasteiger partial charge in [0.15, 0.2) is 0 Å². The molecule has 0 aliphatic carbocycles. The number of aliphatic hydroxyl groups excluding tert-OH is 2. The van der Waals surface area contributed by atoms with Crippen LogP contribution in [0, 0.1) is 11.8 Å². The van der Waals surface area contributed by atoms with Gasteiger partial charge in [0, 0.05) is 6.61 Å². The van der Waals surface area contributed by atoms with Gasteiger partial charge in [0.1, 0.15) is 11.7 Å². The van der Waals surface area contributed by atoms with E-state index in [4.69, 9.17) is 16.6 Å². The summed E-state index contributed by atoms with van der Waals surface area (Å²) >= 11 is 0. The SMILES string of the molecule is NC1=NC(=O)C(CCC(CO)CCCc2ccc(CO)nc2N)C=C1. The smallest absolute Gasteiger partial charge is 0.254 e. The first-order valence-corrected chi connectivity index (χ1v) is 8.55. The number of amidine groups is 1. The van der Waals surface area contributed by atoms with Crippen LogP contribution in [0.5, 0.6) is 0 Å². The lowest BCUT2D eigenvalue weighted by atomic mass is 9.90. The average Bonchev–Trinajstić information content (AvgIpc) is 2.60. The number of hydrogen-bond donors (Lipinski definition) is 4. The van der Waals surface area contributed by atoms with Crippen LogP contribution >= 0.6 is 0 Å². The second-order valence-corrected chi connectivity index (χ2v) is 6.36. The van der Waals surface area contributed by atoms with E-state index in [1.54, 1.807) is 18.2 Å². The monoisotopic (exact) mass is 346 g/mol. The van der Waals surface area contributed by atoms with Crippen LogP contribution in [-0.2, 0) is 17.8 Å². The van der Waals surface area contributed by atoms with Crippen molar-refractivity contribution in [3.8, 4) is 0 Å². The summed E-state index contributed by atoms with van der Waals surface area (Å²) in [6, 6.07) is 3.65. The van der Waals surface area contributed by atoms with Gasteiger partial charge in [0.05, 0.1) is 18.2 Å². The van der Waals surface area contributed by atoms with Crippen molar-refractivity contribution < 1.29 is 15.0 Å². The van der Waals surface area contributed by atoms with Gasteiger partial charge in [-0.3, -0.25) is 4.79 Å². The molecule has 1 amide bonds. The Morgan fingerprint density at radius 3 is 2.64 bits per heavy atom. The van der Waals surface area contributed by atoms with Crippen LogP contribution < -0.4 is 11.5 Å². The highest BCUT2D eigenvalue weighted by Crippen LogP contribution is 2.22. The second-order valence-electron chi connectivity index (χ2n) is 6.36. The number of carbonyl (C=O) groups excluding carboxylic acids is 1. The first kappa shape index (κ1) is 19.1. The maximum absolute atomic E-state index is 11.8. The fourth-order valence-corrected chi connectivity index (χ4v) is 2.93. The Kier molecular flexibility index (Phi) is 7.09. The predicted molar refractivity (Wildman–Crippen MR) is 96.6 cm³/mol. The Morgan fingerprint density at radius 1 is 1.20 bits per heavy atom. The summed E-state index contributed by atoms with van der Waals surface area (Å²) in [5.41, 5.74) is 12.9. The molecule has 1 aliphatic heterocycles. The normalized spacial score (nSPS) is 18.2. The van der Waals surface area contributed by atoms with Gasteiger partial charge in [-0.15, -0.1) is 0 Å². The molecule has 2 rings (SSSR count). The van der Waals surface area contributed by atoms with Crippen LogP contribution in [0.1, 0.15) is 36.9 Å². The zero-order valence-corrected chi connectivity index (χ0v) is 14.3. The van der Waals surface area contributed by atoms with Gasteiger partial charge in [-0.05, 0) is 55.7 Å². The maximum Gasteiger partial charge on any atom is 0.254 e. The Labute approximate surface area is 147 Å². The molecule has 6 N–H and O–H groups in total. The first-order valence-electron chi connectivity index (χ1n) is 8.55. The number of nitrogen functional groups attached to an aromatic ring is 1. The van der Waals surface area contributed by atoms with Crippen LogP contribution in [0.25, 0.3) is 0 Å². The van der Waals surface area contributed by atoms with Crippen molar-refractivity contribution in [2.24, 2.45) is 22.6 Å². The Bertz CT molecular complexity index is 658. The maximum atomic E-state index is 11.8. The minimum atomic E-state index is -0.243. The lowest BCUT2D eigenvalue weighted by Crippen LogP contribution is -2.22. The molecule has 7 nitrogen and oxygen atoms in total. The highest BCUT2D eigenvalue weighted by atomic mass is 16.3. The van der Waals surface area contributed by atoms with Crippen molar-refractivity contribution in [3.63, 3.8) is 0 Å². The van der Waals surface area contributed by atoms with Gasteiger partial charge < -0.3 is 21.7 Å². The fourth-order valence-electron chi connectivity index (χ4n) is 2.93. The number of anilines is 1. The van der Waals surface area contributed by atoms with Crippen LogP contribution in [0.15, 0.2) is 29.3 Å². The molecule has 0 saturated carbocycles. The molecule has 1 aliphatic rings. The van der Waals surface area contributed by atoms with E-state index in [-0.39, 0.29) is 36.8 Å². The summed E-state index contributed by atoms with van der Waals surface area (Å²) in [7, 11) is 0. The third-order valence-corrected chi connectivity index (χ3v) is 4.49. The van der Waals surface area contributed by atoms with E-state index in [9.17, 15) is 9.90 Å². The highest BCUT2D eigenvalue weighted by Gasteiger charge is 2.20. The molecule has 1 aromatic heterocycles. The molecule has 7 heteroatoms. The molecular weight excluding hydrogens is 320 g/mol. The molecule has 0 saturated heterocycles. The van der Waals surface area contributed by atoms with Crippen LogP contribution in [0.4, 0.5) is 5.82 Å². The minimum absolute atomic E-state index is 0.0905. The lowest BCUT2D eigenvalue weighted by molar-refractivity contribution is -0.120. The van der Waals surface area contributed by atoms with Crippen LogP contribution in [0.2, 0.25) is 0 Å². The zero-order valence-electron chi connectivity index (χ0n) is 14.3. The summed E-state index contributed by atoms with van der Waals surface area (Å²) in [4.78, 5) is 19.7.